The van der Waals surface area contributed by atoms with Crippen LogP contribution < -0.4 is 5.32 Å². The molecule has 1 aromatic carbocycles. The Kier molecular flexibility index (Phi) is 9.01. The molecule has 180 valence electrons. The lowest BCUT2D eigenvalue weighted by molar-refractivity contribution is -0.134. The third-order valence-electron chi connectivity index (χ3n) is 4.08. The summed E-state index contributed by atoms with van der Waals surface area (Å²) in [5.41, 5.74) is 1.32. The number of hydrogen-bond acceptors (Lipinski definition) is 7. The minimum absolute atomic E-state index is 0.0211. The highest BCUT2D eigenvalue weighted by Crippen LogP contribution is 2.29. The van der Waals surface area contributed by atoms with Crippen LogP contribution in [0.5, 0.6) is 0 Å². The summed E-state index contributed by atoms with van der Waals surface area (Å²) in [5, 5.41) is 22.5. The maximum absolute atomic E-state index is 13.9. The highest BCUT2D eigenvalue weighted by molar-refractivity contribution is 7.91. The van der Waals surface area contributed by atoms with E-state index in [1.165, 1.54) is 36.5 Å². The Morgan fingerprint density at radius 1 is 1.18 bits per heavy atom. The summed E-state index contributed by atoms with van der Waals surface area (Å²) >= 11 is 6.04. The van der Waals surface area contributed by atoms with E-state index in [1.54, 1.807) is 20.0 Å². The number of nitrogens with one attached hydrogen (secondary N) is 1. The van der Waals surface area contributed by atoms with E-state index in [-0.39, 0.29) is 20.6 Å². The van der Waals surface area contributed by atoms with Crippen LogP contribution in [0.25, 0.3) is 5.69 Å². The van der Waals surface area contributed by atoms with E-state index < -0.39 is 27.6 Å². The Morgan fingerprint density at radius 3 is 2.35 bits per heavy atom. The number of nitrogens with zero attached hydrogens (tertiary/aromatic N) is 3. The van der Waals surface area contributed by atoms with Gasteiger partial charge in [-0.3, -0.25) is 4.98 Å². The summed E-state index contributed by atoms with van der Waals surface area (Å²) in [6.45, 7) is 2.10. The van der Waals surface area contributed by atoms with E-state index in [0.29, 0.717) is 30.1 Å². The topological polar surface area (TPSA) is 151 Å². The monoisotopic (exact) mass is 510 g/mol. The van der Waals surface area contributed by atoms with Gasteiger partial charge in [-0.25, -0.2) is 27.1 Å². The van der Waals surface area contributed by atoms with Gasteiger partial charge in [0.25, 0.3) is 0 Å². The molecule has 0 aliphatic rings. The van der Waals surface area contributed by atoms with E-state index in [9.17, 15) is 22.4 Å². The second kappa shape index (κ2) is 11.5. The maximum atomic E-state index is 13.9. The van der Waals surface area contributed by atoms with Crippen LogP contribution in [-0.4, -0.2) is 52.4 Å². The molecule has 2 heterocycles. The molecule has 0 aliphatic carbocycles. The molecular formula is C21H20ClFN4O6S. The highest BCUT2D eigenvalue weighted by atomic mass is 35.5. The molecule has 0 atom stereocenters. The van der Waals surface area contributed by atoms with Gasteiger partial charge in [0.1, 0.15) is 10.8 Å². The largest absolute Gasteiger partial charge is 0.478 e. The summed E-state index contributed by atoms with van der Waals surface area (Å²) in [6, 6.07) is 8.67. The van der Waals surface area contributed by atoms with Crippen LogP contribution in [0.3, 0.4) is 0 Å². The minimum Gasteiger partial charge on any atom is -0.478 e. The number of aliphatic carboxylic acids is 2. The smallest absolute Gasteiger partial charge is 0.328 e. The lowest BCUT2D eigenvalue weighted by atomic mass is 10.3. The molecule has 3 N–H and O–H groups in total. The van der Waals surface area contributed by atoms with Crippen molar-refractivity contribution in [1.29, 1.82) is 0 Å². The Labute approximate surface area is 199 Å². The standard InChI is InChI=1S/C17H16ClFN4O2S.C4H4O4/c1-11-6-7-13(10-21-11)26(24,25)16-8-12(9-20-2)22-23(16)15-5-3-4-14(19)17(15)18;5-3(6)1-2-4(7)8/h3-8,10,20H,9H2,1-2H3;1-2H,(H,5,6)(H,7,8)/b;2-1+. The van der Waals surface area contributed by atoms with Crippen molar-refractivity contribution in [3.63, 3.8) is 0 Å². The quantitative estimate of drug-likeness (QED) is 0.407. The fraction of sp³-hybridized carbons (Fsp3) is 0.143. The number of benzene rings is 1. The third-order valence-corrected chi connectivity index (χ3v) is 6.16. The van der Waals surface area contributed by atoms with Gasteiger partial charge in [0.2, 0.25) is 9.84 Å². The van der Waals surface area contributed by atoms with Gasteiger partial charge in [-0.1, -0.05) is 17.7 Å². The van der Waals surface area contributed by atoms with Gasteiger partial charge in [0, 0.05) is 36.7 Å². The molecule has 10 nitrogen and oxygen atoms in total. The fourth-order valence-corrected chi connectivity index (χ4v) is 4.12. The number of pyridine rings is 1. The number of carboxylic acid groups (broad SMARTS) is 2. The zero-order valence-electron chi connectivity index (χ0n) is 17.9. The van der Waals surface area contributed by atoms with Gasteiger partial charge in [-0.05, 0) is 38.2 Å². The number of sulfone groups is 1. The number of carboxylic acids is 2. The molecule has 0 saturated carbocycles. The highest BCUT2D eigenvalue weighted by Gasteiger charge is 2.26. The zero-order valence-corrected chi connectivity index (χ0v) is 19.5. The molecule has 0 fully saturated rings. The van der Waals surface area contributed by atoms with Crippen LogP contribution in [0, 0.1) is 12.7 Å². The normalized spacial score (nSPS) is 11.2. The van der Waals surface area contributed by atoms with Crippen LogP contribution in [0.2, 0.25) is 5.02 Å². The Balaban J connectivity index is 0.000000440. The van der Waals surface area contributed by atoms with Gasteiger partial charge < -0.3 is 15.5 Å². The van der Waals surface area contributed by atoms with E-state index in [1.807, 2.05) is 0 Å². The van der Waals surface area contributed by atoms with Crippen molar-refractivity contribution in [1.82, 2.24) is 20.1 Å². The summed E-state index contributed by atoms with van der Waals surface area (Å²) in [6.07, 6.45) is 2.40. The SMILES string of the molecule is CNCc1cc(S(=O)(=O)c2ccc(C)nc2)n(-c2cccc(F)c2Cl)n1.O=C(O)/C=C/C(=O)O. The summed E-state index contributed by atoms with van der Waals surface area (Å²) in [5.74, 6) is -3.17. The van der Waals surface area contributed by atoms with Crippen LogP contribution in [0.4, 0.5) is 4.39 Å². The molecule has 0 amide bonds. The van der Waals surface area contributed by atoms with Crippen molar-refractivity contribution in [3.8, 4) is 5.69 Å². The third kappa shape index (κ3) is 6.70. The molecule has 3 aromatic rings. The van der Waals surface area contributed by atoms with Crippen molar-refractivity contribution in [2.75, 3.05) is 7.05 Å². The van der Waals surface area contributed by atoms with Gasteiger partial charge in [0.15, 0.2) is 5.03 Å². The average Bonchev–Trinajstić information content (AvgIpc) is 3.20. The summed E-state index contributed by atoms with van der Waals surface area (Å²) < 4.78 is 41.2. The summed E-state index contributed by atoms with van der Waals surface area (Å²) in [7, 11) is -2.22. The first-order valence-electron chi connectivity index (χ1n) is 9.47. The van der Waals surface area contributed by atoms with Crippen molar-refractivity contribution >= 4 is 33.4 Å². The van der Waals surface area contributed by atoms with Crippen LogP contribution >= 0.6 is 11.6 Å². The van der Waals surface area contributed by atoms with Gasteiger partial charge in [-0.15, -0.1) is 0 Å². The van der Waals surface area contributed by atoms with Gasteiger partial charge >= 0.3 is 11.9 Å². The Morgan fingerprint density at radius 2 is 1.82 bits per heavy atom. The fourth-order valence-electron chi connectivity index (χ4n) is 2.57. The molecule has 3 rings (SSSR count). The molecule has 0 unspecified atom stereocenters. The predicted molar refractivity (Wildman–Crippen MR) is 120 cm³/mol. The summed E-state index contributed by atoms with van der Waals surface area (Å²) in [4.78, 5) is 23.2. The molecule has 2 aromatic heterocycles. The van der Waals surface area contributed by atoms with E-state index in [2.05, 4.69) is 15.4 Å². The Bertz CT molecular complexity index is 1310. The lowest BCUT2D eigenvalue weighted by Crippen LogP contribution is -2.11. The molecule has 0 bridgehead atoms. The van der Waals surface area contributed by atoms with Crippen LogP contribution in [0.15, 0.2) is 64.7 Å². The van der Waals surface area contributed by atoms with E-state index in [0.717, 1.165) is 4.68 Å². The van der Waals surface area contributed by atoms with Crippen molar-refractivity contribution < 1.29 is 32.6 Å². The van der Waals surface area contributed by atoms with Crippen LogP contribution in [-0.2, 0) is 26.0 Å². The van der Waals surface area contributed by atoms with Crippen molar-refractivity contribution in [2.24, 2.45) is 0 Å². The number of aromatic nitrogens is 3. The number of aryl methyl sites for hydroxylation is 1. The molecule has 0 saturated heterocycles. The first-order valence-corrected chi connectivity index (χ1v) is 11.3. The molecular weight excluding hydrogens is 491 g/mol. The Hall–Kier alpha value is -3.61. The molecule has 0 aliphatic heterocycles. The zero-order chi connectivity index (χ0) is 25.5. The van der Waals surface area contributed by atoms with Crippen molar-refractivity contribution in [3.05, 3.63) is 77.0 Å². The first-order chi connectivity index (χ1) is 16.0. The molecule has 0 spiro atoms. The van der Waals surface area contributed by atoms with E-state index >= 15 is 0 Å². The first kappa shape index (κ1) is 26.6. The molecule has 34 heavy (non-hydrogen) atoms. The van der Waals surface area contributed by atoms with E-state index in [4.69, 9.17) is 21.8 Å². The number of carbonyl (C=O) groups is 2. The van der Waals surface area contributed by atoms with Crippen LogP contribution in [0.1, 0.15) is 11.4 Å². The minimum atomic E-state index is -3.93. The average molecular weight is 511 g/mol. The second-order valence-corrected chi connectivity index (χ2v) is 8.91. The number of hydrogen-bond donors (Lipinski definition) is 3. The van der Waals surface area contributed by atoms with Crippen molar-refractivity contribution in [2.45, 2.75) is 23.4 Å². The predicted octanol–water partition coefficient (Wildman–Crippen LogP) is 2.63. The lowest BCUT2D eigenvalue weighted by Gasteiger charge is -2.10. The van der Waals surface area contributed by atoms with Gasteiger partial charge in [-0.2, -0.15) is 5.10 Å². The second-order valence-electron chi connectivity index (χ2n) is 6.64. The molecule has 0 radical (unpaired) electrons. The van der Waals surface area contributed by atoms with Gasteiger partial charge in [0.05, 0.1) is 16.3 Å². The molecule has 13 heteroatoms. The maximum Gasteiger partial charge on any atom is 0.328 e. The number of rotatable bonds is 7. The number of halogens is 2.